The lowest BCUT2D eigenvalue weighted by atomic mass is 10.2. The molecular formula is C78H126O35. The van der Waals surface area contributed by atoms with Gasteiger partial charge in [0, 0.05) is 78.2 Å². The predicted molar refractivity (Wildman–Crippen MR) is 399 cm³/mol. The molecule has 0 atom stereocenters. The molecule has 0 saturated heterocycles. The van der Waals surface area contributed by atoms with Gasteiger partial charge in [0.15, 0.2) is 0 Å². The molecule has 2 aromatic rings. The van der Waals surface area contributed by atoms with Crippen LogP contribution in [0.1, 0.15) is 132 Å². The third-order valence-corrected chi connectivity index (χ3v) is 14.6. The Hall–Kier alpha value is -6.56. The highest BCUT2D eigenvalue weighted by Gasteiger charge is 2.12. The minimum atomic E-state index is -0.400. The minimum Gasteiger partial charge on any atom is -0.463 e. The average molecular weight is 1620 g/mol. The number of para-hydroxylation sites is 1. The van der Waals surface area contributed by atoms with E-state index in [9.17, 15) is 38.4 Å². The fourth-order valence-electron chi connectivity index (χ4n) is 8.72. The molecule has 0 amide bonds. The highest BCUT2D eigenvalue weighted by Crippen LogP contribution is 2.11. The Morgan fingerprint density at radius 3 is 0.637 bits per heavy atom. The predicted octanol–water partition coefficient (Wildman–Crippen LogP) is 7.18. The van der Waals surface area contributed by atoms with Gasteiger partial charge in [-0.15, -0.1) is 0 Å². The van der Waals surface area contributed by atoms with Gasteiger partial charge in [-0.05, 0) is 101 Å². The Bertz CT molecular complexity index is 2540. The van der Waals surface area contributed by atoms with Crippen LogP contribution in [0.5, 0.6) is 5.75 Å². The van der Waals surface area contributed by atoms with Crippen LogP contribution < -0.4 is 4.74 Å². The monoisotopic (exact) mass is 1620 g/mol. The second-order valence-electron chi connectivity index (χ2n) is 24.0. The van der Waals surface area contributed by atoms with Crippen LogP contribution in [0.4, 0.5) is 0 Å². The van der Waals surface area contributed by atoms with E-state index in [0.29, 0.717) is 207 Å². The molecule has 0 aromatic heterocycles. The molecule has 0 bridgehead atoms. The molecule has 113 heavy (non-hydrogen) atoms. The van der Waals surface area contributed by atoms with Gasteiger partial charge < -0.3 is 128 Å². The van der Waals surface area contributed by atoms with Crippen LogP contribution in [-0.2, 0) is 157 Å². The van der Waals surface area contributed by atoms with Gasteiger partial charge in [0.05, 0.1) is 144 Å². The number of esters is 8. The number of benzene rings is 2. The molecule has 0 saturated carbocycles. The van der Waals surface area contributed by atoms with Crippen LogP contribution >= 0.6 is 0 Å². The highest BCUT2D eigenvalue weighted by atomic mass is 16.7. The van der Waals surface area contributed by atoms with Crippen molar-refractivity contribution in [3.05, 3.63) is 66.2 Å². The summed E-state index contributed by atoms with van der Waals surface area (Å²) in [6.07, 6.45) is 9.26. The summed E-state index contributed by atoms with van der Waals surface area (Å²) in [6, 6.07) is 17.5. The van der Waals surface area contributed by atoms with Crippen LogP contribution in [0.2, 0.25) is 0 Å². The van der Waals surface area contributed by atoms with Crippen LogP contribution in [0, 0.1) is 0 Å². The molecule has 0 fully saturated rings. The summed E-state index contributed by atoms with van der Waals surface area (Å²) in [7, 11) is 0. The molecule has 35 nitrogen and oxygen atoms in total. The fraction of sp³-hybridized carbons (Fsp3) is 0.744. The summed E-state index contributed by atoms with van der Waals surface area (Å²) in [5, 5.41) is 0. The van der Waals surface area contributed by atoms with Crippen LogP contribution in [0.25, 0.3) is 0 Å². The fourth-order valence-corrected chi connectivity index (χ4v) is 8.72. The van der Waals surface area contributed by atoms with Crippen molar-refractivity contribution < 1.29 is 166 Å². The van der Waals surface area contributed by atoms with E-state index in [1.807, 2.05) is 12.1 Å². The van der Waals surface area contributed by atoms with Gasteiger partial charge in [0.25, 0.3) is 0 Å². The lowest BCUT2D eigenvalue weighted by Gasteiger charge is -2.09. The van der Waals surface area contributed by atoms with Crippen molar-refractivity contribution in [1.29, 1.82) is 0 Å². The first-order valence-corrected chi connectivity index (χ1v) is 39.0. The number of hydrogen-bond acceptors (Lipinski definition) is 35. The first-order valence-electron chi connectivity index (χ1n) is 39.0. The lowest BCUT2D eigenvalue weighted by Crippen LogP contribution is -2.14. The molecular weight excluding hydrogens is 1500 g/mol. The van der Waals surface area contributed by atoms with Gasteiger partial charge in [-0.25, -0.2) is 4.79 Å². The summed E-state index contributed by atoms with van der Waals surface area (Å²) in [5.41, 5.74) is 0.493. The molecule has 0 heterocycles. The van der Waals surface area contributed by atoms with E-state index in [1.165, 1.54) is 0 Å². The second kappa shape index (κ2) is 82.0. The van der Waals surface area contributed by atoms with E-state index in [-0.39, 0.29) is 221 Å². The summed E-state index contributed by atoms with van der Waals surface area (Å²) in [4.78, 5) is 95.5. The Morgan fingerprint density at radius 1 is 0.177 bits per heavy atom. The summed E-state index contributed by atoms with van der Waals surface area (Å²) in [5.74, 6) is -2.22. The number of carbonyl (C=O) groups excluding carboxylic acids is 8. The maximum atomic E-state index is 12.0. The molecule has 2 rings (SSSR count). The van der Waals surface area contributed by atoms with Gasteiger partial charge in [-0.2, -0.15) is 0 Å². The maximum absolute atomic E-state index is 12.0. The van der Waals surface area contributed by atoms with E-state index in [2.05, 4.69) is 0 Å². The molecule has 0 spiro atoms. The molecule has 0 aliphatic carbocycles. The quantitative estimate of drug-likeness (QED) is 0.0208. The second-order valence-corrected chi connectivity index (χ2v) is 24.0. The molecule has 2 aromatic carbocycles. The van der Waals surface area contributed by atoms with Crippen LogP contribution in [0.15, 0.2) is 60.7 Å². The molecule has 0 aliphatic rings. The number of hydrogen-bond donors (Lipinski definition) is 0. The van der Waals surface area contributed by atoms with Crippen molar-refractivity contribution >= 4 is 47.8 Å². The smallest absolute Gasteiger partial charge is 0.338 e. The number of carbonyl (C=O) groups is 8. The van der Waals surface area contributed by atoms with E-state index < -0.39 is 11.9 Å². The van der Waals surface area contributed by atoms with Gasteiger partial charge in [-0.1, -0.05) is 36.4 Å². The van der Waals surface area contributed by atoms with Crippen LogP contribution in [0.3, 0.4) is 0 Å². The van der Waals surface area contributed by atoms with Crippen molar-refractivity contribution in [2.45, 2.75) is 122 Å². The zero-order chi connectivity index (χ0) is 80.9. The van der Waals surface area contributed by atoms with Crippen molar-refractivity contribution in [2.24, 2.45) is 0 Å². The summed E-state index contributed by atoms with van der Waals surface area (Å²) < 4.78 is 144. The standard InChI is InChI=1S/C78H126O35/c79-71(106-56-49-87-36-29-77(85)113-70-21-5-2-6-22-70)23-7-13-30-94-63-100-43-37-88-50-57-107-72(80)24-8-14-31-95-64-101-44-38-89-51-58-108-73(81)25-9-15-32-96-65-102-45-39-90-52-59-109-74(82)26-10-16-33-97-66-103-46-40-91-53-60-110-75(83)27-11-17-34-98-67-104-47-41-92-54-61-111-76(84)28-12-18-35-99-68-105-48-42-93-55-62-112-78(86)69-19-3-1-4-20-69/h1-6,19-22H,7-18,23-68H2. The van der Waals surface area contributed by atoms with E-state index >= 15 is 0 Å². The summed E-state index contributed by atoms with van der Waals surface area (Å²) >= 11 is 0. The zero-order valence-corrected chi connectivity index (χ0v) is 66.1. The Balaban J connectivity index is 1.15. The maximum Gasteiger partial charge on any atom is 0.338 e. The number of rotatable bonds is 86. The largest absolute Gasteiger partial charge is 0.463 e. The van der Waals surface area contributed by atoms with Crippen molar-refractivity contribution in [2.75, 3.05) is 259 Å². The molecule has 648 valence electrons. The van der Waals surface area contributed by atoms with Crippen LogP contribution in [-0.4, -0.2) is 307 Å². The van der Waals surface area contributed by atoms with E-state index in [4.69, 9.17) is 128 Å². The third kappa shape index (κ3) is 75.3. The highest BCUT2D eigenvalue weighted by molar-refractivity contribution is 5.89. The van der Waals surface area contributed by atoms with Crippen molar-refractivity contribution in [3.8, 4) is 5.75 Å². The number of ether oxygens (including phenoxy) is 27. The molecule has 0 N–H and O–H groups in total. The molecule has 35 heteroatoms. The first kappa shape index (κ1) is 103. The summed E-state index contributed by atoms with van der Waals surface area (Å²) in [6.45, 7) is 9.68. The Kier molecular flexibility index (Phi) is 74.4. The van der Waals surface area contributed by atoms with Gasteiger partial charge in [0.2, 0.25) is 0 Å². The third-order valence-electron chi connectivity index (χ3n) is 14.6. The van der Waals surface area contributed by atoms with Gasteiger partial charge in [0.1, 0.15) is 92.8 Å². The molecule has 0 radical (unpaired) electrons. The Morgan fingerprint density at radius 2 is 0.381 bits per heavy atom. The lowest BCUT2D eigenvalue weighted by molar-refractivity contribution is -0.147. The minimum absolute atomic E-state index is 0.0835. The number of unbranched alkanes of at least 4 members (excludes halogenated alkanes) is 6. The normalized spacial score (nSPS) is 11.2. The van der Waals surface area contributed by atoms with Gasteiger partial charge >= 0.3 is 47.8 Å². The molecule has 0 unspecified atom stereocenters. The van der Waals surface area contributed by atoms with Crippen molar-refractivity contribution in [1.82, 2.24) is 0 Å². The average Bonchev–Trinajstić information content (AvgIpc) is 0.915. The van der Waals surface area contributed by atoms with E-state index in [1.54, 1.807) is 48.5 Å². The molecule has 0 aliphatic heterocycles. The van der Waals surface area contributed by atoms with E-state index in [0.717, 1.165) is 0 Å². The van der Waals surface area contributed by atoms with Gasteiger partial charge in [-0.3, -0.25) is 33.6 Å². The topological polar surface area (TPSA) is 386 Å². The Labute approximate surface area is 664 Å². The zero-order valence-electron chi connectivity index (χ0n) is 66.1. The first-order chi connectivity index (χ1) is 55.6. The SMILES string of the molecule is O=C(CCCCOCOCCOCCOC(=O)CCCCOCOCCOCCOC(=O)CCCCOCOCCOCCOC(=O)c1ccccc1)OCCOCCOCOCCCCC(=O)OCCOCCOCOCCCCC(=O)OCCOCCOCOCCCCC(=O)OCCOCCC(=O)Oc1ccccc1. The van der Waals surface area contributed by atoms with Crippen molar-refractivity contribution in [3.63, 3.8) is 0 Å².